The summed E-state index contributed by atoms with van der Waals surface area (Å²) >= 11 is 0. The fourth-order valence-corrected chi connectivity index (χ4v) is 2.61. The molecule has 0 saturated carbocycles. The number of esters is 1. The second kappa shape index (κ2) is 7.29. The van der Waals surface area contributed by atoms with Gasteiger partial charge < -0.3 is 18.8 Å². The van der Waals surface area contributed by atoms with E-state index in [4.69, 9.17) is 14.0 Å². The van der Waals surface area contributed by atoms with Crippen LogP contribution in [0.5, 0.6) is 5.75 Å². The van der Waals surface area contributed by atoms with Gasteiger partial charge in [0, 0.05) is 5.82 Å². The van der Waals surface area contributed by atoms with Crippen LogP contribution in [-0.4, -0.2) is 38.0 Å². The van der Waals surface area contributed by atoms with Gasteiger partial charge in [-0.3, -0.25) is 4.79 Å². The molecule has 1 unspecified atom stereocenters. The zero-order valence-corrected chi connectivity index (χ0v) is 15.0. The molecule has 0 radical (unpaired) electrons. The van der Waals surface area contributed by atoms with Gasteiger partial charge in [-0.15, -0.1) is 0 Å². The molecule has 0 amide bonds. The van der Waals surface area contributed by atoms with Gasteiger partial charge in [0.05, 0.1) is 24.7 Å². The lowest BCUT2D eigenvalue weighted by molar-refractivity contribution is -0.140. The van der Waals surface area contributed by atoms with Gasteiger partial charge in [0.15, 0.2) is 0 Å². The summed E-state index contributed by atoms with van der Waals surface area (Å²) in [6.07, 6.45) is -0.00847. The van der Waals surface area contributed by atoms with Crippen LogP contribution in [0.25, 0.3) is 0 Å². The van der Waals surface area contributed by atoms with Gasteiger partial charge in [-0.2, -0.15) is 8.78 Å². The zero-order chi connectivity index (χ0) is 18.8. The number of carbonyl (C=O) groups excluding carboxylic acids is 1. The van der Waals surface area contributed by atoms with Crippen molar-refractivity contribution in [1.29, 1.82) is 0 Å². The van der Waals surface area contributed by atoms with E-state index < -0.39 is 36.7 Å². The molecule has 1 atom stereocenters. The summed E-state index contributed by atoms with van der Waals surface area (Å²) in [5.41, 5.74) is -0.561. The largest absolute Gasteiger partial charge is 0.469 e. The highest BCUT2D eigenvalue weighted by atomic mass is 19.3. The van der Waals surface area contributed by atoms with E-state index in [1.54, 1.807) is 12.1 Å². The Morgan fingerprint density at radius 1 is 1.20 bits per heavy atom. The van der Waals surface area contributed by atoms with Crippen molar-refractivity contribution >= 4 is 13.1 Å². The van der Waals surface area contributed by atoms with E-state index in [0.29, 0.717) is 5.56 Å². The molecule has 5 nitrogen and oxygen atoms in total. The normalized spacial score (nSPS) is 19.8. The van der Waals surface area contributed by atoms with E-state index in [-0.39, 0.29) is 12.2 Å². The van der Waals surface area contributed by atoms with Gasteiger partial charge in [-0.05, 0) is 45.4 Å². The first-order chi connectivity index (χ1) is 11.6. The molecular formula is C17H23BF2O5. The molecule has 0 aliphatic carbocycles. The Bertz CT molecular complexity index is 605. The number of alkyl halides is 2. The summed E-state index contributed by atoms with van der Waals surface area (Å²) in [5.74, 6) is -0.950. The van der Waals surface area contributed by atoms with Gasteiger partial charge >= 0.3 is 19.7 Å². The molecule has 8 heteroatoms. The summed E-state index contributed by atoms with van der Waals surface area (Å²) in [5, 5.41) is 0. The molecule has 1 aliphatic heterocycles. The van der Waals surface area contributed by atoms with Gasteiger partial charge in [0.1, 0.15) is 5.75 Å². The molecule has 2 rings (SSSR count). The van der Waals surface area contributed by atoms with Crippen molar-refractivity contribution < 1.29 is 32.4 Å². The number of hydrogen-bond acceptors (Lipinski definition) is 5. The minimum absolute atomic E-state index is 0.00847. The van der Waals surface area contributed by atoms with Crippen molar-refractivity contribution in [1.82, 2.24) is 0 Å². The van der Waals surface area contributed by atoms with Crippen molar-refractivity contribution in [3.05, 3.63) is 29.8 Å². The molecule has 25 heavy (non-hydrogen) atoms. The van der Waals surface area contributed by atoms with E-state index in [0.717, 1.165) is 0 Å². The summed E-state index contributed by atoms with van der Waals surface area (Å²) < 4.78 is 46.2. The number of carbonyl (C=O) groups is 1. The maximum atomic E-state index is 12.5. The molecule has 1 aromatic rings. The molecule has 0 bridgehead atoms. The highest BCUT2D eigenvalue weighted by Crippen LogP contribution is 2.42. The van der Waals surface area contributed by atoms with E-state index >= 15 is 0 Å². The second-order valence-electron chi connectivity index (χ2n) is 6.96. The van der Waals surface area contributed by atoms with Crippen molar-refractivity contribution in [2.75, 3.05) is 7.11 Å². The lowest BCUT2D eigenvalue weighted by Gasteiger charge is -2.32. The van der Waals surface area contributed by atoms with Crippen molar-refractivity contribution in [3.8, 4) is 5.75 Å². The van der Waals surface area contributed by atoms with Crippen molar-refractivity contribution in [2.24, 2.45) is 0 Å². The second-order valence-corrected chi connectivity index (χ2v) is 6.96. The number of halogens is 2. The van der Waals surface area contributed by atoms with E-state index in [2.05, 4.69) is 4.74 Å². The van der Waals surface area contributed by atoms with Crippen molar-refractivity contribution in [2.45, 2.75) is 57.7 Å². The van der Waals surface area contributed by atoms with Crippen LogP contribution in [0, 0.1) is 0 Å². The zero-order valence-electron chi connectivity index (χ0n) is 15.0. The molecule has 0 N–H and O–H groups in total. The lowest BCUT2D eigenvalue weighted by atomic mass is 9.66. The Morgan fingerprint density at radius 2 is 1.80 bits per heavy atom. The number of methoxy groups -OCH3 is 1. The molecular weight excluding hydrogens is 333 g/mol. The number of benzene rings is 1. The summed E-state index contributed by atoms with van der Waals surface area (Å²) in [7, 11) is 0.575. The minimum atomic E-state index is -2.92. The maximum absolute atomic E-state index is 12.5. The van der Waals surface area contributed by atoms with Crippen LogP contribution in [0.15, 0.2) is 24.3 Å². The Labute approximate surface area is 146 Å². The average molecular weight is 356 g/mol. The highest BCUT2D eigenvalue weighted by molar-refractivity contribution is 6.48. The number of rotatable bonds is 6. The summed E-state index contributed by atoms with van der Waals surface area (Å²) in [4.78, 5) is 11.9. The minimum Gasteiger partial charge on any atom is -0.469 e. The first-order valence-electron chi connectivity index (χ1n) is 8.03. The molecule has 138 valence electrons. The van der Waals surface area contributed by atoms with Gasteiger partial charge in [0.2, 0.25) is 0 Å². The topological polar surface area (TPSA) is 54.0 Å². The Hall–Kier alpha value is -1.67. The fourth-order valence-electron chi connectivity index (χ4n) is 2.61. The molecule has 0 aromatic heterocycles. The number of ether oxygens (including phenoxy) is 2. The third-order valence-corrected chi connectivity index (χ3v) is 4.73. The van der Waals surface area contributed by atoms with Crippen LogP contribution in [0.2, 0.25) is 0 Å². The molecule has 1 heterocycles. The smallest absolute Gasteiger partial charge is 0.466 e. The van der Waals surface area contributed by atoms with Crippen LogP contribution in [0.4, 0.5) is 8.78 Å². The lowest BCUT2D eigenvalue weighted by Crippen LogP contribution is -2.41. The monoisotopic (exact) mass is 356 g/mol. The summed E-state index contributed by atoms with van der Waals surface area (Å²) in [6.45, 7) is 4.68. The third-order valence-electron chi connectivity index (χ3n) is 4.73. The first kappa shape index (κ1) is 19.7. The predicted molar refractivity (Wildman–Crippen MR) is 88.5 cm³/mol. The van der Waals surface area contributed by atoms with E-state index in [9.17, 15) is 13.6 Å². The Morgan fingerprint density at radius 3 is 2.32 bits per heavy atom. The number of hydrogen-bond donors (Lipinski definition) is 0. The fraction of sp³-hybridized carbons (Fsp3) is 0.588. The Kier molecular flexibility index (Phi) is 5.73. The first-order valence-corrected chi connectivity index (χ1v) is 8.03. The SMILES string of the molecule is COC(=O)CC(B1OC(C)(C)C(C)(C)O1)c1cccc(OC(F)F)c1. The van der Waals surface area contributed by atoms with E-state index in [1.807, 2.05) is 27.7 Å². The van der Waals surface area contributed by atoms with Crippen LogP contribution in [0.3, 0.4) is 0 Å². The highest BCUT2D eigenvalue weighted by Gasteiger charge is 2.54. The molecule has 1 aliphatic rings. The maximum Gasteiger partial charge on any atom is 0.466 e. The van der Waals surface area contributed by atoms with Crippen LogP contribution in [0.1, 0.15) is 45.5 Å². The van der Waals surface area contributed by atoms with E-state index in [1.165, 1.54) is 19.2 Å². The van der Waals surface area contributed by atoms with Gasteiger partial charge in [0.25, 0.3) is 0 Å². The molecule has 1 aromatic carbocycles. The third kappa shape index (κ3) is 4.49. The molecule has 1 saturated heterocycles. The standard InChI is InChI=1S/C17H23BF2O5/c1-16(2)17(3,4)25-18(24-16)13(10-14(21)22-5)11-7-6-8-12(9-11)23-15(19)20/h6-9,13,15H,10H2,1-5H3. The van der Waals surface area contributed by atoms with Crippen LogP contribution in [-0.2, 0) is 18.8 Å². The predicted octanol–water partition coefficient (Wildman–Crippen LogP) is 3.57. The van der Waals surface area contributed by atoms with Gasteiger partial charge in [-0.25, -0.2) is 0 Å². The van der Waals surface area contributed by atoms with Crippen LogP contribution >= 0.6 is 0 Å². The van der Waals surface area contributed by atoms with Crippen LogP contribution < -0.4 is 4.74 Å². The van der Waals surface area contributed by atoms with Crippen molar-refractivity contribution in [3.63, 3.8) is 0 Å². The summed E-state index contributed by atoms with van der Waals surface area (Å²) in [6, 6.07) is 6.19. The average Bonchev–Trinajstić information content (AvgIpc) is 2.72. The van der Waals surface area contributed by atoms with Gasteiger partial charge in [-0.1, -0.05) is 12.1 Å². The molecule has 0 spiro atoms. The quantitative estimate of drug-likeness (QED) is 0.576. The molecule has 1 fully saturated rings. The Balaban J connectivity index is 2.33.